The van der Waals surface area contributed by atoms with Crippen molar-refractivity contribution in [2.24, 2.45) is 0 Å². The van der Waals surface area contributed by atoms with Gasteiger partial charge in [-0.15, -0.1) is 0 Å². The van der Waals surface area contributed by atoms with Crippen LogP contribution < -0.4 is 4.74 Å². The minimum Gasteiger partial charge on any atom is -0.497 e. The molecule has 1 saturated heterocycles. The second kappa shape index (κ2) is 9.13. The lowest BCUT2D eigenvalue weighted by molar-refractivity contribution is -0.127. The minimum absolute atomic E-state index is 0.0480. The van der Waals surface area contributed by atoms with Crippen molar-refractivity contribution in [2.75, 3.05) is 33.3 Å². The zero-order valence-corrected chi connectivity index (χ0v) is 16.9. The van der Waals surface area contributed by atoms with Gasteiger partial charge in [-0.3, -0.25) is 9.59 Å². The Morgan fingerprint density at radius 1 is 0.929 bits per heavy atom. The predicted octanol–water partition coefficient (Wildman–Crippen LogP) is 4.00. The predicted molar refractivity (Wildman–Crippen MR) is 111 cm³/mol. The number of carbonyl (C=O) groups excluding carboxylic acids is 2. The highest BCUT2D eigenvalue weighted by Crippen LogP contribution is 2.25. The Labute approximate surface area is 174 Å². The average molecular weight is 419 g/mol. The maximum Gasteiger partial charge on any atom is 0.253 e. The SMILES string of the molecule is COc1ccc(C(=O)N2CCN(C(=O)/C=C/c3c(Cl)cccc3Cl)CC2)cc1. The van der Waals surface area contributed by atoms with Crippen LogP contribution in [0.2, 0.25) is 10.0 Å². The second-order valence-corrected chi connectivity index (χ2v) is 7.13. The lowest BCUT2D eigenvalue weighted by Gasteiger charge is -2.34. The number of amides is 2. The van der Waals surface area contributed by atoms with Crippen molar-refractivity contribution < 1.29 is 14.3 Å². The van der Waals surface area contributed by atoms with Crippen molar-refractivity contribution in [3.05, 3.63) is 69.7 Å². The Kier molecular flexibility index (Phi) is 6.60. The van der Waals surface area contributed by atoms with Gasteiger partial charge in [0.1, 0.15) is 5.75 Å². The Hall–Kier alpha value is -2.50. The molecule has 1 aliphatic rings. The van der Waals surface area contributed by atoms with E-state index in [1.807, 2.05) is 0 Å². The lowest BCUT2D eigenvalue weighted by atomic mass is 10.1. The molecule has 1 aliphatic heterocycles. The topological polar surface area (TPSA) is 49.9 Å². The molecule has 2 amide bonds. The Bertz CT molecular complexity index is 869. The third-order valence-electron chi connectivity index (χ3n) is 4.61. The van der Waals surface area contributed by atoms with Crippen LogP contribution in [0, 0.1) is 0 Å². The first-order valence-electron chi connectivity index (χ1n) is 8.84. The first kappa shape index (κ1) is 20.2. The van der Waals surface area contributed by atoms with E-state index in [0.29, 0.717) is 53.1 Å². The molecule has 0 atom stereocenters. The number of rotatable bonds is 4. The number of methoxy groups -OCH3 is 1. The third-order valence-corrected chi connectivity index (χ3v) is 5.27. The molecule has 0 saturated carbocycles. The highest BCUT2D eigenvalue weighted by atomic mass is 35.5. The highest BCUT2D eigenvalue weighted by molar-refractivity contribution is 6.37. The molecule has 1 fully saturated rings. The van der Waals surface area contributed by atoms with Crippen molar-refractivity contribution in [3.8, 4) is 5.75 Å². The van der Waals surface area contributed by atoms with Crippen LogP contribution in [-0.2, 0) is 4.79 Å². The van der Waals surface area contributed by atoms with Crippen LogP contribution in [0.4, 0.5) is 0 Å². The summed E-state index contributed by atoms with van der Waals surface area (Å²) in [4.78, 5) is 28.5. The Morgan fingerprint density at radius 2 is 1.50 bits per heavy atom. The molecule has 3 rings (SSSR count). The van der Waals surface area contributed by atoms with E-state index in [4.69, 9.17) is 27.9 Å². The van der Waals surface area contributed by atoms with Gasteiger partial charge in [0.15, 0.2) is 0 Å². The number of hydrogen-bond acceptors (Lipinski definition) is 3. The molecular formula is C21H20Cl2N2O3. The van der Waals surface area contributed by atoms with E-state index < -0.39 is 0 Å². The molecule has 2 aromatic rings. The molecular weight excluding hydrogens is 399 g/mol. The van der Waals surface area contributed by atoms with Gasteiger partial charge in [-0.05, 0) is 42.5 Å². The van der Waals surface area contributed by atoms with Crippen molar-refractivity contribution in [1.82, 2.24) is 9.80 Å². The van der Waals surface area contributed by atoms with E-state index in [2.05, 4.69) is 0 Å². The lowest BCUT2D eigenvalue weighted by Crippen LogP contribution is -2.50. The number of benzene rings is 2. The van der Waals surface area contributed by atoms with Crippen molar-refractivity contribution in [3.63, 3.8) is 0 Å². The standard InChI is InChI=1S/C21H20Cl2N2O3/c1-28-16-7-5-15(6-8-16)21(27)25-13-11-24(12-14-25)20(26)10-9-17-18(22)3-2-4-19(17)23/h2-10H,11-14H2,1H3/b10-9+. The number of nitrogens with zero attached hydrogens (tertiary/aromatic N) is 2. The summed E-state index contributed by atoms with van der Waals surface area (Å²) in [5.74, 6) is 0.526. The van der Waals surface area contributed by atoms with E-state index in [9.17, 15) is 9.59 Å². The number of hydrogen-bond donors (Lipinski definition) is 0. The molecule has 0 bridgehead atoms. The zero-order chi connectivity index (χ0) is 20.1. The fraction of sp³-hybridized carbons (Fsp3) is 0.238. The van der Waals surface area contributed by atoms with Crippen LogP contribution in [0.1, 0.15) is 15.9 Å². The van der Waals surface area contributed by atoms with Crippen LogP contribution in [0.15, 0.2) is 48.5 Å². The van der Waals surface area contributed by atoms with Gasteiger partial charge in [-0.2, -0.15) is 0 Å². The van der Waals surface area contributed by atoms with Gasteiger partial charge in [0.2, 0.25) is 5.91 Å². The number of ether oxygens (including phenoxy) is 1. The molecule has 28 heavy (non-hydrogen) atoms. The number of halogens is 2. The van der Waals surface area contributed by atoms with E-state index in [1.54, 1.807) is 65.5 Å². The van der Waals surface area contributed by atoms with E-state index >= 15 is 0 Å². The molecule has 2 aromatic carbocycles. The smallest absolute Gasteiger partial charge is 0.253 e. The largest absolute Gasteiger partial charge is 0.497 e. The summed E-state index contributed by atoms with van der Waals surface area (Å²) in [6.45, 7) is 1.91. The molecule has 0 aromatic heterocycles. The van der Waals surface area contributed by atoms with Gasteiger partial charge in [-0.25, -0.2) is 0 Å². The Balaban J connectivity index is 1.57. The third kappa shape index (κ3) is 4.66. The molecule has 0 radical (unpaired) electrons. The molecule has 1 heterocycles. The number of carbonyl (C=O) groups is 2. The minimum atomic E-state index is -0.132. The van der Waals surface area contributed by atoms with Crippen LogP contribution in [0.3, 0.4) is 0 Å². The quantitative estimate of drug-likeness (QED) is 0.704. The maximum atomic E-state index is 12.6. The van der Waals surface area contributed by atoms with Crippen molar-refractivity contribution in [1.29, 1.82) is 0 Å². The van der Waals surface area contributed by atoms with E-state index in [1.165, 1.54) is 6.08 Å². The van der Waals surface area contributed by atoms with Gasteiger partial charge in [0.25, 0.3) is 5.91 Å². The molecule has 7 heteroatoms. The summed E-state index contributed by atoms with van der Waals surface area (Å²) in [6.07, 6.45) is 3.09. The maximum absolute atomic E-state index is 12.6. The van der Waals surface area contributed by atoms with Gasteiger partial charge in [0.05, 0.1) is 7.11 Å². The molecule has 0 unspecified atom stereocenters. The van der Waals surface area contributed by atoms with E-state index in [-0.39, 0.29) is 11.8 Å². The Morgan fingerprint density at radius 3 is 2.07 bits per heavy atom. The monoisotopic (exact) mass is 418 g/mol. The first-order chi connectivity index (χ1) is 13.5. The second-order valence-electron chi connectivity index (χ2n) is 6.31. The summed E-state index contributed by atoms with van der Waals surface area (Å²) in [5.41, 5.74) is 1.22. The van der Waals surface area contributed by atoms with Crippen LogP contribution in [0.5, 0.6) is 5.75 Å². The van der Waals surface area contributed by atoms with Gasteiger partial charge < -0.3 is 14.5 Å². The van der Waals surface area contributed by atoms with Crippen LogP contribution in [-0.4, -0.2) is 54.9 Å². The molecule has 0 N–H and O–H groups in total. The van der Waals surface area contributed by atoms with Crippen LogP contribution in [0.25, 0.3) is 6.08 Å². The average Bonchev–Trinajstić information content (AvgIpc) is 2.73. The normalized spacial score (nSPS) is 14.4. The van der Waals surface area contributed by atoms with Crippen molar-refractivity contribution in [2.45, 2.75) is 0 Å². The summed E-state index contributed by atoms with van der Waals surface area (Å²) >= 11 is 12.2. The molecule has 146 valence electrons. The first-order valence-corrected chi connectivity index (χ1v) is 9.59. The van der Waals surface area contributed by atoms with Crippen LogP contribution >= 0.6 is 23.2 Å². The fourth-order valence-corrected chi connectivity index (χ4v) is 3.50. The number of piperazine rings is 1. The van der Waals surface area contributed by atoms with E-state index in [0.717, 1.165) is 0 Å². The molecule has 5 nitrogen and oxygen atoms in total. The summed E-state index contributed by atoms with van der Waals surface area (Å²) in [7, 11) is 1.58. The van der Waals surface area contributed by atoms with Gasteiger partial charge >= 0.3 is 0 Å². The summed E-state index contributed by atoms with van der Waals surface area (Å²) < 4.78 is 5.11. The fourth-order valence-electron chi connectivity index (χ4n) is 2.98. The summed E-state index contributed by atoms with van der Waals surface area (Å²) in [5, 5.41) is 0.984. The zero-order valence-electron chi connectivity index (χ0n) is 15.4. The summed E-state index contributed by atoms with van der Waals surface area (Å²) in [6, 6.07) is 12.2. The van der Waals surface area contributed by atoms with Crippen molar-refractivity contribution >= 4 is 41.1 Å². The molecule has 0 spiro atoms. The molecule has 0 aliphatic carbocycles. The van der Waals surface area contributed by atoms with Gasteiger partial charge in [-0.1, -0.05) is 29.3 Å². The highest BCUT2D eigenvalue weighted by Gasteiger charge is 2.24. The van der Waals surface area contributed by atoms with Gasteiger partial charge in [0, 0.05) is 53.4 Å².